The number of hydrogen-bond donors (Lipinski definition) is 6. The van der Waals surface area contributed by atoms with Gasteiger partial charge in [0.15, 0.2) is 0 Å². The number of carboxylic acid groups (broad SMARTS) is 3. The van der Waals surface area contributed by atoms with Crippen LogP contribution < -0.4 is 17.2 Å². The van der Waals surface area contributed by atoms with E-state index in [0.717, 1.165) is 6.42 Å². The van der Waals surface area contributed by atoms with Gasteiger partial charge in [-0.3, -0.25) is 14.4 Å². The van der Waals surface area contributed by atoms with Crippen LogP contribution >= 0.6 is 0 Å². The predicted octanol–water partition coefficient (Wildman–Crippen LogP) is -1.11. The van der Waals surface area contributed by atoms with Gasteiger partial charge in [-0.2, -0.15) is 0 Å². The Hall–Kier alpha value is -1.71. The average Bonchev–Trinajstić information content (AvgIpc) is 2.37. The van der Waals surface area contributed by atoms with Crippen molar-refractivity contribution in [1.29, 1.82) is 0 Å². The Balaban J connectivity index is -0.000000230. The van der Waals surface area contributed by atoms with E-state index in [0.29, 0.717) is 0 Å². The van der Waals surface area contributed by atoms with Crippen molar-refractivity contribution in [3.05, 3.63) is 0 Å². The second-order valence-corrected chi connectivity index (χ2v) is 3.97. The lowest BCUT2D eigenvalue weighted by Gasteiger charge is -2.11. The van der Waals surface area contributed by atoms with Gasteiger partial charge >= 0.3 is 17.9 Å². The highest BCUT2D eigenvalue weighted by Gasteiger charge is 2.17. The van der Waals surface area contributed by atoms with E-state index in [1.807, 2.05) is 13.8 Å². The molecule has 0 aliphatic heterocycles. The third-order valence-electron chi connectivity index (χ3n) is 2.11. The normalized spacial score (nSPS) is 13.5. The number of carbonyl (C=O) groups is 3. The summed E-state index contributed by atoms with van der Waals surface area (Å²) in [5, 5.41) is 23.8. The van der Waals surface area contributed by atoms with Gasteiger partial charge in [-0.25, -0.2) is 0 Å². The van der Waals surface area contributed by atoms with Gasteiger partial charge in [0.2, 0.25) is 0 Å². The zero-order valence-electron chi connectivity index (χ0n) is 11.9. The maximum absolute atomic E-state index is 10.2. The summed E-state index contributed by atoms with van der Waals surface area (Å²) in [6, 6.07) is -1.43. The molecule has 0 spiro atoms. The van der Waals surface area contributed by atoms with Crippen LogP contribution in [-0.4, -0.2) is 51.9 Å². The van der Waals surface area contributed by atoms with E-state index in [1.165, 1.54) is 6.92 Å². The Morgan fingerprint density at radius 2 is 1.30 bits per heavy atom. The summed E-state index contributed by atoms with van der Waals surface area (Å²) in [4.78, 5) is 29.0. The lowest BCUT2D eigenvalue weighted by Crippen LogP contribution is -2.36. The Morgan fingerprint density at radius 3 is 1.35 bits per heavy atom. The van der Waals surface area contributed by atoms with Crippen LogP contribution in [-0.2, 0) is 14.4 Å². The smallest absolute Gasteiger partial charge is 0.320 e. The third-order valence-corrected chi connectivity index (χ3v) is 2.11. The topological polar surface area (TPSA) is 190 Å². The molecule has 0 aliphatic rings. The minimum atomic E-state index is -0.968. The fraction of sp³-hybridized carbons (Fsp3) is 0.727. The van der Waals surface area contributed by atoms with Crippen LogP contribution in [0.1, 0.15) is 27.2 Å². The van der Waals surface area contributed by atoms with Crippen molar-refractivity contribution in [1.82, 2.24) is 0 Å². The lowest BCUT2D eigenvalue weighted by atomic mass is 10.0. The summed E-state index contributed by atoms with van der Waals surface area (Å²) in [6.07, 6.45) is 0.813. The van der Waals surface area contributed by atoms with Gasteiger partial charge in [0.05, 0.1) is 6.54 Å². The zero-order valence-corrected chi connectivity index (χ0v) is 11.9. The van der Waals surface area contributed by atoms with E-state index >= 15 is 0 Å². The molecule has 0 bridgehead atoms. The molecule has 0 aromatic carbocycles. The molecule has 0 aliphatic carbocycles. The minimum Gasteiger partial charge on any atom is -0.480 e. The molecule has 0 fully saturated rings. The zero-order chi connectivity index (χ0) is 16.9. The highest BCUT2D eigenvalue weighted by atomic mass is 16.4. The minimum absolute atomic E-state index is 0.0718. The predicted molar refractivity (Wildman–Crippen MR) is 73.0 cm³/mol. The molecule has 0 radical (unpaired) electrons. The molecule has 0 aromatic heterocycles. The molecule has 9 heteroatoms. The first kappa shape index (κ1) is 23.4. The average molecular weight is 295 g/mol. The molecule has 9 N–H and O–H groups in total. The summed E-state index contributed by atoms with van der Waals surface area (Å²) < 4.78 is 0. The summed E-state index contributed by atoms with van der Waals surface area (Å²) in [5.41, 5.74) is 14.7. The van der Waals surface area contributed by atoms with Crippen LogP contribution in [0, 0.1) is 5.92 Å². The van der Waals surface area contributed by atoms with Crippen molar-refractivity contribution in [2.24, 2.45) is 23.1 Å². The van der Waals surface area contributed by atoms with Crippen LogP contribution in [0.5, 0.6) is 0 Å². The highest BCUT2D eigenvalue weighted by molar-refractivity contribution is 5.73. The molecule has 0 saturated carbocycles. The first-order chi connectivity index (χ1) is 9.00. The summed E-state index contributed by atoms with van der Waals surface area (Å²) >= 11 is 0. The maximum Gasteiger partial charge on any atom is 0.320 e. The number of nitrogens with two attached hydrogens (primary N) is 3. The van der Waals surface area contributed by atoms with E-state index in [2.05, 4.69) is 5.73 Å². The van der Waals surface area contributed by atoms with Crippen molar-refractivity contribution < 1.29 is 29.7 Å². The van der Waals surface area contributed by atoms with Crippen molar-refractivity contribution in [3.63, 3.8) is 0 Å². The molecule has 0 unspecified atom stereocenters. The van der Waals surface area contributed by atoms with Gasteiger partial charge < -0.3 is 32.5 Å². The van der Waals surface area contributed by atoms with E-state index in [-0.39, 0.29) is 12.5 Å². The van der Waals surface area contributed by atoms with E-state index in [4.69, 9.17) is 26.8 Å². The van der Waals surface area contributed by atoms with Crippen molar-refractivity contribution in [2.75, 3.05) is 6.54 Å². The van der Waals surface area contributed by atoms with Gasteiger partial charge in [0.1, 0.15) is 12.1 Å². The van der Waals surface area contributed by atoms with Crippen LogP contribution in [0.2, 0.25) is 0 Å². The summed E-state index contributed by atoms with van der Waals surface area (Å²) in [7, 11) is 0. The first-order valence-electron chi connectivity index (χ1n) is 5.89. The molecule has 20 heavy (non-hydrogen) atoms. The monoisotopic (exact) mass is 295 g/mol. The van der Waals surface area contributed by atoms with Crippen LogP contribution in [0.25, 0.3) is 0 Å². The van der Waals surface area contributed by atoms with Crippen molar-refractivity contribution in [2.45, 2.75) is 39.3 Å². The van der Waals surface area contributed by atoms with Crippen molar-refractivity contribution >= 4 is 17.9 Å². The molecular formula is C11H25N3O6. The maximum atomic E-state index is 10.2. The molecule has 0 saturated heterocycles. The van der Waals surface area contributed by atoms with E-state index in [9.17, 15) is 14.4 Å². The molecule has 0 amide bonds. The Kier molecular flexibility index (Phi) is 16.0. The largest absolute Gasteiger partial charge is 0.480 e. The molecule has 0 rings (SSSR count). The molecule has 0 heterocycles. The standard InChI is InChI=1S/C6H13NO2.C3H7NO2.C2H5NO2/c1-3-4(2)5(7)6(8)9;1-2(4)3(5)6;3-1-2(4)5/h4-5H,3,7H2,1-2H3,(H,8,9);2H,4H2,1H3,(H,5,6);1,3H2,(H,4,5)/t4-,5-;2-;/m00./s1. The Bertz CT molecular complexity index is 296. The number of aliphatic carboxylic acids is 3. The van der Waals surface area contributed by atoms with Gasteiger partial charge in [-0.1, -0.05) is 20.3 Å². The van der Waals surface area contributed by atoms with Crippen LogP contribution in [0.3, 0.4) is 0 Å². The van der Waals surface area contributed by atoms with E-state index in [1.54, 1.807) is 0 Å². The van der Waals surface area contributed by atoms with Gasteiger partial charge in [0, 0.05) is 0 Å². The second-order valence-electron chi connectivity index (χ2n) is 3.97. The molecule has 9 nitrogen and oxygen atoms in total. The van der Waals surface area contributed by atoms with Gasteiger partial charge in [-0.15, -0.1) is 0 Å². The fourth-order valence-corrected chi connectivity index (χ4v) is 0.497. The fourth-order valence-electron chi connectivity index (χ4n) is 0.497. The first-order valence-corrected chi connectivity index (χ1v) is 5.89. The molecule has 0 aromatic rings. The van der Waals surface area contributed by atoms with Gasteiger partial charge in [0.25, 0.3) is 0 Å². The molecule has 3 atom stereocenters. The lowest BCUT2D eigenvalue weighted by molar-refractivity contribution is -0.140. The van der Waals surface area contributed by atoms with Crippen molar-refractivity contribution in [3.8, 4) is 0 Å². The molecule has 120 valence electrons. The SMILES string of the molecule is CC[C@H](C)[C@H](N)C(=O)O.C[C@H](N)C(=O)O.NCC(=O)O. The van der Waals surface area contributed by atoms with Gasteiger partial charge in [-0.05, 0) is 12.8 Å². The number of carboxylic acids is 3. The third kappa shape index (κ3) is 18.6. The van der Waals surface area contributed by atoms with E-state index < -0.39 is 30.0 Å². The quantitative estimate of drug-likeness (QED) is 0.365. The Labute approximate surface area is 117 Å². The highest BCUT2D eigenvalue weighted by Crippen LogP contribution is 2.04. The second kappa shape index (κ2) is 13.7. The number of hydrogen-bond acceptors (Lipinski definition) is 6. The molecular weight excluding hydrogens is 270 g/mol. The number of rotatable bonds is 5. The van der Waals surface area contributed by atoms with Crippen LogP contribution in [0.4, 0.5) is 0 Å². The van der Waals surface area contributed by atoms with Crippen LogP contribution in [0.15, 0.2) is 0 Å². The summed E-state index contributed by atoms with van der Waals surface area (Å²) in [5.74, 6) is -2.77. The Morgan fingerprint density at radius 1 is 1.00 bits per heavy atom. The summed E-state index contributed by atoms with van der Waals surface area (Å²) in [6.45, 7) is 4.90.